The van der Waals surface area contributed by atoms with E-state index in [2.05, 4.69) is 37.2 Å². The van der Waals surface area contributed by atoms with Crippen LogP contribution in [-0.2, 0) is 6.18 Å². The molecule has 1 heterocycles. The van der Waals surface area contributed by atoms with E-state index in [0.29, 0.717) is 9.35 Å². The molecule has 1 aromatic carbocycles. The monoisotopic (exact) mass is 427 g/mol. The summed E-state index contributed by atoms with van der Waals surface area (Å²) in [5.41, 5.74) is -1.16. The first-order chi connectivity index (χ1) is 9.27. The van der Waals surface area contributed by atoms with Gasteiger partial charge in [0.1, 0.15) is 0 Å². The number of hydrogen-bond acceptors (Lipinski definition) is 2. The predicted molar refractivity (Wildman–Crippen MR) is 79.1 cm³/mol. The van der Waals surface area contributed by atoms with Gasteiger partial charge in [-0.25, -0.2) is 0 Å². The molecule has 0 atom stereocenters. The first-order valence-electron chi connectivity index (χ1n) is 5.21. The van der Waals surface area contributed by atoms with Crippen LogP contribution in [0.2, 0.25) is 0 Å². The van der Waals surface area contributed by atoms with Gasteiger partial charge in [-0.2, -0.15) is 13.2 Å². The number of thiophene rings is 1. The lowest BCUT2D eigenvalue weighted by Gasteiger charge is -2.13. The summed E-state index contributed by atoms with van der Waals surface area (Å²) in [4.78, 5) is 12.2. The normalized spacial score (nSPS) is 11.4. The van der Waals surface area contributed by atoms with Crippen molar-refractivity contribution in [2.75, 3.05) is 5.32 Å². The van der Waals surface area contributed by atoms with E-state index >= 15 is 0 Å². The van der Waals surface area contributed by atoms with Gasteiger partial charge in [0.05, 0.1) is 19.9 Å². The van der Waals surface area contributed by atoms with Crippen LogP contribution >= 0.6 is 43.2 Å². The number of benzene rings is 1. The molecule has 20 heavy (non-hydrogen) atoms. The Bertz CT molecular complexity index is 654. The molecule has 0 fully saturated rings. The van der Waals surface area contributed by atoms with E-state index in [1.165, 1.54) is 18.2 Å². The topological polar surface area (TPSA) is 29.1 Å². The lowest BCUT2D eigenvalue weighted by atomic mass is 10.1. The molecule has 0 unspecified atom stereocenters. The largest absolute Gasteiger partial charge is 0.418 e. The second-order valence-electron chi connectivity index (χ2n) is 3.75. The number of halogens is 5. The molecule has 0 saturated heterocycles. The molecular weight excluding hydrogens is 423 g/mol. The molecule has 0 spiro atoms. The van der Waals surface area contributed by atoms with Gasteiger partial charge in [-0.3, -0.25) is 4.79 Å². The third kappa shape index (κ3) is 3.62. The number of carbonyl (C=O) groups excluding carboxylic acids is 1. The zero-order chi connectivity index (χ0) is 14.9. The van der Waals surface area contributed by atoms with Crippen molar-refractivity contribution in [2.45, 2.75) is 6.18 Å². The summed E-state index contributed by atoms with van der Waals surface area (Å²) in [6, 6.07) is 6.78. The summed E-state index contributed by atoms with van der Waals surface area (Å²) < 4.78 is 39.7. The maximum absolute atomic E-state index is 12.9. The van der Waals surface area contributed by atoms with E-state index < -0.39 is 17.6 Å². The van der Waals surface area contributed by atoms with E-state index in [1.807, 2.05) is 0 Å². The van der Waals surface area contributed by atoms with E-state index in [9.17, 15) is 18.0 Å². The van der Waals surface area contributed by atoms with Gasteiger partial charge in [-0.1, -0.05) is 15.9 Å². The molecular formula is C12H6Br2F3NOS. The molecule has 0 radical (unpaired) electrons. The Balaban J connectivity index is 2.32. The fourth-order valence-corrected chi connectivity index (χ4v) is 3.12. The standard InChI is InChI=1S/C12H6Br2F3NOS/c13-6-1-2-8(7(5-6)12(15,16)17)18-11(19)9-3-4-10(14)20-9/h1-5H,(H,18,19). The summed E-state index contributed by atoms with van der Waals surface area (Å²) in [5.74, 6) is -0.575. The van der Waals surface area contributed by atoms with Gasteiger partial charge >= 0.3 is 6.18 Å². The average molecular weight is 429 g/mol. The van der Waals surface area contributed by atoms with Crippen LogP contribution < -0.4 is 5.32 Å². The molecule has 106 valence electrons. The smallest absolute Gasteiger partial charge is 0.321 e. The third-order valence-electron chi connectivity index (χ3n) is 2.33. The molecule has 0 bridgehead atoms. The minimum Gasteiger partial charge on any atom is -0.321 e. The van der Waals surface area contributed by atoms with E-state index in [1.54, 1.807) is 6.07 Å². The van der Waals surface area contributed by atoms with Gasteiger partial charge in [0, 0.05) is 4.47 Å². The fraction of sp³-hybridized carbons (Fsp3) is 0.0833. The van der Waals surface area contributed by atoms with Crippen LogP contribution in [0.5, 0.6) is 0 Å². The van der Waals surface area contributed by atoms with Crippen LogP contribution in [0, 0.1) is 0 Å². The molecule has 0 aliphatic rings. The number of hydrogen-bond donors (Lipinski definition) is 1. The van der Waals surface area contributed by atoms with Crippen molar-refractivity contribution < 1.29 is 18.0 Å². The van der Waals surface area contributed by atoms with Gasteiger partial charge < -0.3 is 5.32 Å². The van der Waals surface area contributed by atoms with Crippen LogP contribution in [0.1, 0.15) is 15.2 Å². The van der Waals surface area contributed by atoms with Crippen LogP contribution in [0.15, 0.2) is 38.6 Å². The summed E-state index contributed by atoms with van der Waals surface area (Å²) in [6.07, 6.45) is -4.54. The van der Waals surface area contributed by atoms with Crippen molar-refractivity contribution in [3.63, 3.8) is 0 Å². The molecule has 0 aliphatic heterocycles. The van der Waals surface area contributed by atoms with Crippen LogP contribution in [0.25, 0.3) is 0 Å². The Kier molecular flexibility index (Phi) is 4.55. The van der Waals surface area contributed by atoms with Crippen LogP contribution in [0.3, 0.4) is 0 Å². The molecule has 0 aliphatic carbocycles. The molecule has 1 N–H and O–H groups in total. The maximum atomic E-state index is 12.9. The summed E-state index contributed by atoms with van der Waals surface area (Å²) in [7, 11) is 0. The number of anilines is 1. The number of amides is 1. The molecule has 2 aromatic rings. The second kappa shape index (κ2) is 5.87. The highest BCUT2D eigenvalue weighted by molar-refractivity contribution is 9.11. The SMILES string of the molecule is O=C(Nc1ccc(Br)cc1C(F)(F)F)c1ccc(Br)s1. The van der Waals surface area contributed by atoms with Crippen LogP contribution in [-0.4, -0.2) is 5.91 Å². The summed E-state index contributed by atoms with van der Waals surface area (Å²) >= 11 is 7.33. The highest BCUT2D eigenvalue weighted by Gasteiger charge is 2.34. The van der Waals surface area contributed by atoms with E-state index in [4.69, 9.17) is 0 Å². The number of nitrogens with one attached hydrogen (secondary N) is 1. The number of alkyl halides is 3. The minimum atomic E-state index is -4.54. The van der Waals surface area contributed by atoms with Gasteiger partial charge in [0.2, 0.25) is 0 Å². The lowest BCUT2D eigenvalue weighted by molar-refractivity contribution is -0.136. The Morgan fingerprint density at radius 2 is 1.85 bits per heavy atom. The van der Waals surface area contributed by atoms with Gasteiger partial charge in [-0.05, 0) is 46.3 Å². The average Bonchev–Trinajstić information content (AvgIpc) is 2.77. The zero-order valence-corrected chi connectivity index (χ0v) is 13.6. The van der Waals surface area contributed by atoms with E-state index in [0.717, 1.165) is 21.2 Å². The third-order valence-corrected chi connectivity index (χ3v) is 4.45. The Hall–Kier alpha value is -0.860. The first-order valence-corrected chi connectivity index (χ1v) is 7.61. The Labute approximate surface area is 133 Å². The Morgan fingerprint density at radius 1 is 1.15 bits per heavy atom. The quantitative estimate of drug-likeness (QED) is 0.668. The van der Waals surface area contributed by atoms with E-state index in [-0.39, 0.29) is 5.69 Å². The van der Waals surface area contributed by atoms with Crippen molar-refractivity contribution in [3.8, 4) is 0 Å². The number of rotatable bonds is 2. The summed E-state index contributed by atoms with van der Waals surface area (Å²) in [5, 5.41) is 2.28. The predicted octanol–water partition coefficient (Wildman–Crippen LogP) is 5.54. The fourth-order valence-electron chi connectivity index (χ4n) is 1.48. The molecule has 1 amide bonds. The second-order valence-corrected chi connectivity index (χ2v) is 7.12. The van der Waals surface area contributed by atoms with Crippen molar-refractivity contribution in [1.82, 2.24) is 0 Å². The van der Waals surface area contributed by atoms with Gasteiger partial charge in [-0.15, -0.1) is 11.3 Å². The maximum Gasteiger partial charge on any atom is 0.418 e. The zero-order valence-electron chi connectivity index (χ0n) is 9.59. The summed E-state index contributed by atoms with van der Waals surface area (Å²) in [6.45, 7) is 0. The minimum absolute atomic E-state index is 0.268. The molecule has 2 nitrogen and oxygen atoms in total. The van der Waals surface area contributed by atoms with Crippen molar-refractivity contribution in [3.05, 3.63) is 49.0 Å². The molecule has 1 aromatic heterocycles. The van der Waals surface area contributed by atoms with Crippen LogP contribution in [0.4, 0.5) is 18.9 Å². The number of carbonyl (C=O) groups is 1. The molecule has 8 heteroatoms. The lowest BCUT2D eigenvalue weighted by Crippen LogP contribution is -2.15. The van der Waals surface area contributed by atoms with Crippen molar-refractivity contribution >= 4 is 54.8 Å². The van der Waals surface area contributed by atoms with Gasteiger partial charge in [0.15, 0.2) is 0 Å². The molecule has 0 saturated carbocycles. The Morgan fingerprint density at radius 3 is 2.40 bits per heavy atom. The first kappa shape index (κ1) is 15.5. The molecule has 2 rings (SSSR count). The highest BCUT2D eigenvalue weighted by atomic mass is 79.9. The van der Waals surface area contributed by atoms with Crippen molar-refractivity contribution in [1.29, 1.82) is 0 Å². The highest BCUT2D eigenvalue weighted by Crippen LogP contribution is 2.37. The van der Waals surface area contributed by atoms with Gasteiger partial charge in [0.25, 0.3) is 5.91 Å². The van der Waals surface area contributed by atoms with Crippen molar-refractivity contribution in [2.24, 2.45) is 0 Å².